The van der Waals surface area contributed by atoms with Crippen LogP contribution in [0, 0.1) is 0 Å². The van der Waals surface area contributed by atoms with Gasteiger partial charge >= 0.3 is 5.97 Å². The molecule has 3 aromatic carbocycles. The van der Waals surface area contributed by atoms with Gasteiger partial charge in [0.15, 0.2) is 0 Å². The molecule has 0 aromatic heterocycles. The molecule has 0 aliphatic carbocycles. The molecule has 0 aliphatic rings. The number of aliphatic hydroxyl groups excluding tert-OH is 1. The molecule has 4 N–H and O–H groups in total. The number of aliphatic hydroxyl groups is 1. The minimum absolute atomic E-state index is 0.00860. The quantitative estimate of drug-likeness (QED) is 0.295. The minimum Gasteiger partial charge on any atom is -0.481 e. The molecule has 2 unspecified atom stereocenters. The molecule has 0 bridgehead atoms. The number of carbonyl (C=O) groups is 3. The van der Waals surface area contributed by atoms with Crippen LogP contribution in [0.25, 0.3) is 0 Å². The first-order valence-electron chi connectivity index (χ1n) is 12.0. The van der Waals surface area contributed by atoms with Crippen LogP contribution in [0.15, 0.2) is 91.0 Å². The van der Waals surface area contributed by atoms with E-state index in [1.165, 1.54) is 0 Å². The Balaban J connectivity index is 1.73. The first kappa shape index (κ1) is 26.6. The van der Waals surface area contributed by atoms with Crippen molar-refractivity contribution < 1.29 is 24.6 Å². The second kappa shape index (κ2) is 13.8. The molecule has 0 spiro atoms. The summed E-state index contributed by atoms with van der Waals surface area (Å²) in [5, 5.41) is 24.2. The van der Waals surface area contributed by atoms with E-state index in [-0.39, 0.29) is 24.8 Å². The third kappa shape index (κ3) is 8.67. The van der Waals surface area contributed by atoms with Crippen molar-refractivity contribution in [2.24, 2.45) is 0 Å². The third-order valence-electron chi connectivity index (χ3n) is 5.88. The van der Waals surface area contributed by atoms with E-state index >= 15 is 0 Å². The number of amides is 2. The molecule has 0 fully saturated rings. The summed E-state index contributed by atoms with van der Waals surface area (Å²) in [5.74, 6) is -2.25. The zero-order valence-corrected chi connectivity index (χ0v) is 20.0. The fourth-order valence-electron chi connectivity index (χ4n) is 4.08. The van der Waals surface area contributed by atoms with E-state index in [4.69, 9.17) is 5.11 Å². The van der Waals surface area contributed by atoms with Gasteiger partial charge in [-0.05, 0) is 29.5 Å². The normalized spacial score (nSPS) is 12.5. The van der Waals surface area contributed by atoms with E-state index in [9.17, 15) is 19.5 Å². The highest BCUT2D eigenvalue weighted by Crippen LogP contribution is 2.25. The highest BCUT2D eigenvalue weighted by molar-refractivity contribution is 5.88. The lowest BCUT2D eigenvalue weighted by Crippen LogP contribution is -2.43. The Bertz CT molecular complexity index is 1070. The second-order valence-corrected chi connectivity index (χ2v) is 8.74. The fraction of sp³-hybridized carbons (Fsp3) is 0.276. The van der Waals surface area contributed by atoms with Gasteiger partial charge in [-0.2, -0.15) is 0 Å². The number of hydrogen-bond donors (Lipinski definition) is 4. The number of carboxylic acid groups (broad SMARTS) is 1. The predicted molar refractivity (Wildman–Crippen MR) is 137 cm³/mol. The first-order valence-corrected chi connectivity index (χ1v) is 12.0. The maximum Gasteiger partial charge on any atom is 0.306 e. The molecule has 7 nitrogen and oxygen atoms in total. The second-order valence-electron chi connectivity index (χ2n) is 8.74. The van der Waals surface area contributed by atoms with Gasteiger partial charge in [-0.25, -0.2) is 0 Å². The highest BCUT2D eigenvalue weighted by Gasteiger charge is 2.26. The molecule has 3 rings (SSSR count). The average molecular weight is 489 g/mol. The van der Waals surface area contributed by atoms with Gasteiger partial charge in [0.25, 0.3) is 0 Å². The fourth-order valence-corrected chi connectivity index (χ4v) is 4.08. The van der Waals surface area contributed by atoms with Gasteiger partial charge in [0, 0.05) is 19.0 Å². The Kier molecular flexibility index (Phi) is 10.2. The van der Waals surface area contributed by atoms with E-state index in [0.29, 0.717) is 12.8 Å². The lowest BCUT2D eigenvalue weighted by Gasteiger charge is -2.24. The van der Waals surface area contributed by atoms with Crippen LogP contribution in [0.3, 0.4) is 0 Å². The molecule has 2 amide bonds. The van der Waals surface area contributed by atoms with Crippen molar-refractivity contribution in [2.75, 3.05) is 6.54 Å². The van der Waals surface area contributed by atoms with Crippen molar-refractivity contribution in [1.82, 2.24) is 10.6 Å². The summed E-state index contributed by atoms with van der Waals surface area (Å²) in [4.78, 5) is 37.0. The van der Waals surface area contributed by atoms with Crippen molar-refractivity contribution in [2.45, 2.75) is 43.7 Å². The molecule has 3 aromatic rings. The molecule has 2 atom stereocenters. The predicted octanol–water partition coefficient (Wildman–Crippen LogP) is 3.28. The van der Waals surface area contributed by atoms with Gasteiger partial charge in [0.1, 0.15) is 0 Å². The van der Waals surface area contributed by atoms with Crippen LogP contribution in [0.4, 0.5) is 0 Å². The van der Waals surface area contributed by atoms with Crippen molar-refractivity contribution in [1.29, 1.82) is 0 Å². The van der Waals surface area contributed by atoms with Gasteiger partial charge in [0.05, 0.1) is 18.4 Å². The highest BCUT2D eigenvalue weighted by atomic mass is 16.4. The lowest BCUT2D eigenvalue weighted by molar-refractivity contribution is -0.139. The first-order chi connectivity index (χ1) is 17.4. The van der Waals surface area contributed by atoms with Crippen LogP contribution >= 0.6 is 0 Å². The Morgan fingerprint density at radius 2 is 1.28 bits per heavy atom. The largest absolute Gasteiger partial charge is 0.481 e. The smallest absolute Gasteiger partial charge is 0.306 e. The molecule has 0 heterocycles. The monoisotopic (exact) mass is 488 g/mol. The number of benzene rings is 3. The lowest BCUT2D eigenvalue weighted by atomic mass is 9.90. The topological polar surface area (TPSA) is 116 Å². The minimum atomic E-state index is -1.18. The van der Waals surface area contributed by atoms with E-state index in [1.54, 1.807) is 0 Å². The molecule has 0 saturated heterocycles. The van der Waals surface area contributed by atoms with Crippen LogP contribution < -0.4 is 10.6 Å². The van der Waals surface area contributed by atoms with E-state index in [1.807, 2.05) is 91.0 Å². The van der Waals surface area contributed by atoms with E-state index < -0.39 is 30.5 Å². The van der Waals surface area contributed by atoms with Crippen molar-refractivity contribution >= 4 is 17.8 Å². The van der Waals surface area contributed by atoms with Crippen LogP contribution in [-0.2, 0) is 20.8 Å². The van der Waals surface area contributed by atoms with Gasteiger partial charge in [0.2, 0.25) is 11.8 Å². The molecule has 36 heavy (non-hydrogen) atoms. The maximum atomic E-state index is 13.6. The summed E-state index contributed by atoms with van der Waals surface area (Å²) in [6, 6.07) is 28.4. The van der Waals surface area contributed by atoms with Crippen LogP contribution in [0.5, 0.6) is 0 Å². The van der Waals surface area contributed by atoms with Crippen molar-refractivity contribution in [3.8, 4) is 0 Å². The molecule has 0 radical (unpaired) electrons. The number of nitrogens with one attached hydrogen (secondary N) is 2. The van der Waals surface area contributed by atoms with Crippen molar-refractivity contribution in [3.05, 3.63) is 108 Å². The summed E-state index contributed by atoms with van der Waals surface area (Å²) in [7, 11) is 0. The number of carboxylic acids is 1. The number of carbonyl (C=O) groups excluding carboxylic acids is 2. The SMILES string of the molecule is O=C(O)CC(O)CNC(=O)CC(CCc1ccccc1)NC(=O)C(c1ccccc1)c1ccccc1. The van der Waals surface area contributed by atoms with Crippen LogP contribution in [-0.4, -0.2) is 46.7 Å². The zero-order chi connectivity index (χ0) is 25.8. The Labute approximate surface area is 211 Å². The molecule has 7 heteroatoms. The molecular weight excluding hydrogens is 456 g/mol. The summed E-state index contributed by atoms with van der Waals surface area (Å²) >= 11 is 0. The van der Waals surface area contributed by atoms with E-state index in [0.717, 1.165) is 16.7 Å². The third-order valence-corrected chi connectivity index (χ3v) is 5.88. The molecule has 0 aliphatic heterocycles. The van der Waals surface area contributed by atoms with Crippen LogP contribution in [0.2, 0.25) is 0 Å². The Morgan fingerprint density at radius 3 is 1.81 bits per heavy atom. The summed E-state index contributed by atoms with van der Waals surface area (Å²) < 4.78 is 0. The van der Waals surface area contributed by atoms with Crippen molar-refractivity contribution in [3.63, 3.8) is 0 Å². The maximum absolute atomic E-state index is 13.6. The van der Waals surface area contributed by atoms with Gasteiger partial charge in [-0.1, -0.05) is 91.0 Å². The van der Waals surface area contributed by atoms with Gasteiger partial charge in [-0.15, -0.1) is 0 Å². The number of rotatable bonds is 13. The zero-order valence-electron chi connectivity index (χ0n) is 20.0. The Hall–Kier alpha value is -3.97. The van der Waals surface area contributed by atoms with Gasteiger partial charge in [-0.3, -0.25) is 14.4 Å². The summed E-state index contributed by atoms with van der Waals surface area (Å²) in [5.41, 5.74) is 2.80. The van der Waals surface area contributed by atoms with Gasteiger partial charge < -0.3 is 20.8 Å². The average Bonchev–Trinajstić information content (AvgIpc) is 2.88. The molecule has 188 valence electrons. The Morgan fingerprint density at radius 1 is 0.750 bits per heavy atom. The van der Waals surface area contributed by atoms with E-state index in [2.05, 4.69) is 10.6 Å². The van der Waals surface area contributed by atoms with Crippen LogP contribution in [0.1, 0.15) is 41.9 Å². The standard InChI is InChI=1S/C29H32N2O5/c32-25(19-27(34)35)20-30-26(33)18-24(17-16-21-10-4-1-5-11-21)31-29(36)28(22-12-6-2-7-13-22)23-14-8-3-9-15-23/h1-15,24-25,28,32H,16-20H2,(H,30,33)(H,31,36)(H,34,35). The molecule has 0 saturated carbocycles. The number of aliphatic carboxylic acids is 1. The number of aryl methyl sites for hydroxylation is 1. The summed E-state index contributed by atoms with van der Waals surface area (Å²) in [6.07, 6.45) is -0.414. The molecular formula is C29H32N2O5. The number of hydrogen-bond acceptors (Lipinski definition) is 4. The summed E-state index contributed by atoms with van der Waals surface area (Å²) in [6.45, 7) is -0.166.